The third kappa shape index (κ3) is 5.32. The summed E-state index contributed by atoms with van der Waals surface area (Å²) in [5.74, 6) is -0.466. The van der Waals surface area contributed by atoms with Crippen LogP contribution in [0.1, 0.15) is 29.8 Å². The lowest BCUT2D eigenvalue weighted by Gasteiger charge is -2.34. The Hall–Kier alpha value is -2.27. The van der Waals surface area contributed by atoms with Crippen LogP contribution in [0.25, 0.3) is 0 Å². The van der Waals surface area contributed by atoms with Gasteiger partial charge in [0.2, 0.25) is 10.0 Å². The van der Waals surface area contributed by atoms with Gasteiger partial charge in [0.05, 0.1) is 22.0 Å². The zero-order valence-corrected chi connectivity index (χ0v) is 19.5. The van der Waals surface area contributed by atoms with Gasteiger partial charge in [-0.1, -0.05) is 6.07 Å². The van der Waals surface area contributed by atoms with Crippen LogP contribution in [-0.4, -0.2) is 58.6 Å². The molecule has 10 heteroatoms. The van der Waals surface area contributed by atoms with E-state index in [9.17, 15) is 21.6 Å². The Morgan fingerprint density at radius 1 is 0.968 bits per heavy atom. The Morgan fingerprint density at radius 2 is 1.52 bits per heavy atom. The summed E-state index contributed by atoms with van der Waals surface area (Å²) in [5, 5.41) is 2.69. The van der Waals surface area contributed by atoms with Crippen LogP contribution in [0, 0.1) is 6.92 Å². The molecule has 8 nitrogen and oxygen atoms in total. The van der Waals surface area contributed by atoms with Crippen molar-refractivity contribution in [3.05, 3.63) is 53.6 Å². The molecule has 0 unspecified atom stereocenters. The highest BCUT2D eigenvalue weighted by atomic mass is 32.2. The fourth-order valence-electron chi connectivity index (χ4n) is 3.42. The summed E-state index contributed by atoms with van der Waals surface area (Å²) in [6, 6.07) is 10.2. The van der Waals surface area contributed by atoms with Gasteiger partial charge in [-0.25, -0.2) is 16.8 Å². The second-order valence-corrected chi connectivity index (χ2v) is 11.8. The van der Waals surface area contributed by atoms with Gasteiger partial charge in [-0.05, 0) is 62.7 Å². The molecule has 1 heterocycles. The fraction of sp³-hybridized carbons (Fsp3) is 0.381. The number of carbonyl (C=O) groups excluding carboxylic acids is 1. The molecule has 0 spiro atoms. The molecule has 0 bridgehead atoms. The van der Waals surface area contributed by atoms with Crippen molar-refractivity contribution in [3.63, 3.8) is 0 Å². The SMILES string of the molecule is Cc1ccc(S(C)(=O)=O)cc1NC(=O)c1ccc(S(=O)(=O)N2C[C@H](C)O[C@@H](C)C2)cc1. The minimum atomic E-state index is -3.70. The van der Waals surface area contributed by atoms with Gasteiger partial charge in [-0.3, -0.25) is 4.79 Å². The molecular formula is C21H26N2O6S2. The summed E-state index contributed by atoms with van der Waals surface area (Å²) in [6.07, 6.45) is 0.697. The van der Waals surface area contributed by atoms with Crippen molar-refractivity contribution in [1.29, 1.82) is 0 Å². The molecule has 3 rings (SSSR count). The fourth-order valence-corrected chi connectivity index (χ4v) is 5.65. The van der Waals surface area contributed by atoms with Gasteiger partial charge in [0.25, 0.3) is 5.91 Å². The average Bonchev–Trinajstić information content (AvgIpc) is 2.68. The smallest absolute Gasteiger partial charge is 0.255 e. The van der Waals surface area contributed by atoms with Crippen LogP contribution >= 0.6 is 0 Å². The number of sulfonamides is 1. The van der Waals surface area contributed by atoms with Crippen LogP contribution in [0.2, 0.25) is 0 Å². The lowest BCUT2D eigenvalue weighted by atomic mass is 10.1. The van der Waals surface area contributed by atoms with Crippen LogP contribution in [0.5, 0.6) is 0 Å². The van der Waals surface area contributed by atoms with E-state index in [1.54, 1.807) is 13.0 Å². The van der Waals surface area contributed by atoms with Crippen LogP contribution in [0.3, 0.4) is 0 Å². The molecule has 2 aromatic carbocycles. The van der Waals surface area contributed by atoms with E-state index in [1.165, 1.54) is 40.7 Å². The predicted molar refractivity (Wildman–Crippen MR) is 117 cm³/mol. The van der Waals surface area contributed by atoms with Gasteiger partial charge in [-0.15, -0.1) is 0 Å². The molecule has 0 saturated carbocycles. The Balaban J connectivity index is 1.80. The van der Waals surface area contributed by atoms with Gasteiger partial charge in [-0.2, -0.15) is 4.31 Å². The number of aryl methyl sites for hydroxylation is 1. The van der Waals surface area contributed by atoms with Crippen molar-refractivity contribution in [2.24, 2.45) is 0 Å². The van der Waals surface area contributed by atoms with E-state index < -0.39 is 25.8 Å². The van der Waals surface area contributed by atoms with E-state index in [2.05, 4.69) is 5.32 Å². The van der Waals surface area contributed by atoms with Crippen molar-refractivity contribution >= 4 is 31.5 Å². The maximum Gasteiger partial charge on any atom is 0.255 e. The minimum Gasteiger partial charge on any atom is -0.373 e. The number of amides is 1. The number of carbonyl (C=O) groups is 1. The first-order chi connectivity index (χ1) is 14.4. The first-order valence-corrected chi connectivity index (χ1v) is 13.1. The van der Waals surface area contributed by atoms with E-state index in [1.807, 2.05) is 13.8 Å². The molecule has 2 aromatic rings. The number of ether oxygens (including phenoxy) is 1. The third-order valence-corrected chi connectivity index (χ3v) is 7.98. The summed E-state index contributed by atoms with van der Waals surface area (Å²) >= 11 is 0. The largest absolute Gasteiger partial charge is 0.373 e. The summed E-state index contributed by atoms with van der Waals surface area (Å²) in [7, 11) is -7.12. The zero-order valence-electron chi connectivity index (χ0n) is 17.8. The van der Waals surface area contributed by atoms with E-state index in [4.69, 9.17) is 4.74 Å². The molecule has 0 aromatic heterocycles. The molecule has 1 N–H and O–H groups in total. The summed E-state index contributed by atoms with van der Waals surface area (Å²) in [5.41, 5.74) is 1.34. The van der Waals surface area contributed by atoms with Gasteiger partial charge in [0.15, 0.2) is 9.84 Å². The molecule has 1 saturated heterocycles. The highest BCUT2D eigenvalue weighted by molar-refractivity contribution is 7.90. The van der Waals surface area contributed by atoms with Gasteiger partial charge in [0.1, 0.15) is 0 Å². The number of hydrogen-bond acceptors (Lipinski definition) is 6. The van der Waals surface area contributed by atoms with Crippen LogP contribution in [0.15, 0.2) is 52.3 Å². The number of hydrogen-bond donors (Lipinski definition) is 1. The van der Waals surface area contributed by atoms with E-state index >= 15 is 0 Å². The second-order valence-electron chi connectivity index (χ2n) is 7.81. The van der Waals surface area contributed by atoms with Gasteiger partial charge < -0.3 is 10.1 Å². The van der Waals surface area contributed by atoms with Crippen molar-refractivity contribution in [1.82, 2.24) is 4.31 Å². The maximum absolute atomic E-state index is 12.9. The molecule has 31 heavy (non-hydrogen) atoms. The second kappa shape index (κ2) is 8.70. The van der Waals surface area contributed by atoms with Crippen LogP contribution in [0.4, 0.5) is 5.69 Å². The lowest BCUT2D eigenvalue weighted by molar-refractivity contribution is -0.0440. The number of nitrogens with one attached hydrogen (secondary N) is 1. The Morgan fingerprint density at radius 3 is 2.06 bits per heavy atom. The molecule has 2 atom stereocenters. The number of benzene rings is 2. The van der Waals surface area contributed by atoms with E-state index in [0.717, 1.165) is 6.26 Å². The average molecular weight is 467 g/mol. The van der Waals surface area contributed by atoms with E-state index in [-0.39, 0.29) is 40.7 Å². The predicted octanol–water partition coefficient (Wildman–Crippen LogP) is 2.45. The lowest BCUT2D eigenvalue weighted by Crippen LogP contribution is -2.48. The highest BCUT2D eigenvalue weighted by Crippen LogP contribution is 2.23. The van der Waals surface area contributed by atoms with Gasteiger partial charge >= 0.3 is 0 Å². The highest BCUT2D eigenvalue weighted by Gasteiger charge is 2.32. The number of nitrogens with zero attached hydrogens (tertiary/aromatic N) is 1. The minimum absolute atomic E-state index is 0.0978. The summed E-state index contributed by atoms with van der Waals surface area (Å²) in [6.45, 7) is 5.94. The number of sulfone groups is 1. The number of morpholine rings is 1. The van der Waals surface area contributed by atoms with Crippen LogP contribution in [-0.2, 0) is 24.6 Å². The Kier molecular flexibility index (Phi) is 6.56. The normalized spacial score (nSPS) is 20.4. The number of anilines is 1. The molecule has 0 radical (unpaired) electrons. The quantitative estimate of drug-likeness (QED) is 0.725. The third-order valence-electron chi connectivity index (χ3n) is 5.03. The summed E-state index contributed by atoms with van der Waals surface area (Å²) in [4.78, 5) is 12.8. The first kappa shape index (κ1) is 23.4. The molecular weight excluding hydrogens is 440 g/mol. The Bertz CT molecular complexity index is 1180. The topological polar surface area (TPSA) is 110 Å². The molecule has 1 aliphatic heterocycles. The number of rotatable bonds is 5. The summed E-state index contributed by atoms with van der Waals surface area (Å²) < 4.78 is 56.4. The monoisotopic (exact) mass is 466 g/mol. The molecule has 1 fully saturated rings. The Labute approximate surface area is 183 Å². The van der Waals surface area contributed by atoms with Crippen molar-refractivity contribution in [3.8, 4) is 0 Å². The van der Waals surface area contributed by atoms with E-state index in [0.29, 0.717) is 11.3 Å². The van der Waals surface area contributed by atoms with Crippen molar-refractivity contribution in [2.45, 2.75) is 42.8 Å². The van der Waals surface area contributed by atoms with Crippen molar-refractivity contribution < 1.29 is 26.4 Å². The zero-order chi connectivity index (χ0) is 23.0. The maximum atomic E-state index is 12.9. The van der Waals surface area contributed by atoms with Crippen molar-refractivity contribution in [2.75, 3.05) is 24.7 Å². The molecule has 1 aliphatic rings. The molecule has 168 valence electrons. The van der Waals surface area contributed by atoms with Crippen LogP contribution < -0.4 is 5.32 Å². The first-order valence-electron chi connectivity index (χ1n) is 9.75. The molecule has 1 amide bonds. The standard InChI is InChI=1S/C21H26N2O6S2/c1-14-5-8-19(30(4,25)26)11-20(14)22-21(24)17-6-9-18(10-7-17)31(27,28)23-12-15(2)29-16(3)13-23/h5-11,15-16H,12-13H2,1-4H3,(H,22,24)/t15-,16-/m0/s1. The van der Waals surface area contributed by atoms with Gasteiger partial charge in [0, 0.05) is 30.6 Å². The molecule has 0 aliphatic carbocycles.